The number of ether oxygens (including phenoxy) is 2. The Bertz CT molecular complexity index is 1250. The van der Waals surface area contributed by atoms with Gasteiger partial charge in [0, 0.05) is 5.39 Å². The largest absolute Gasteiger partial charge is 0.491 e. The van der Waals surface area contributed by atoms with Crippen molar-refractivity contribution < 1.29 is 19.1 Å². The van der Waals surface area contributed by atoms with Gasteiger partial charge in [-0.25, -0.2) is 0 Å². The van der Waals surface area contributed by atoms with Crippen molar-refractivity contribution in [3.05, 3.63) is 86.7 Å². The van der Waals surface area contributed by atoms with E-state index in [1.807, 2.05) is 54.6 Å². The molecular weight excluding hydrogens is 570 g/mol. The third-order valence-electron chi connectivity index (χ3n) is 4.86. The lowest BCUT2D eigenvalue weighted by Crippen LogP contribution is -2.32. The second kappa shape index (κ2) is 10.6. The molecule has 1 aliphatic rings. The fraction of sp³-hybridized carbons (Fsp3) is 0.120. The summed E-state index contributed by atoms with van der Waals surface area (Å²) in [5, 5.41) is 1.75. The molecule has 2 amide bonds. The lowest BCUT2D eigenvalue weighted by molar-refractivity contribution is -0.123. The second-order valence-electron chi connectivity index (χ2n) is 7.07. The molecule has 0 aromatic heterocycles. The fourth-order valence-electron chi connectivity index (χ4n) is 3.36. The molecule has 4 rings (SSSR count). The van der Waals surface area contributed by atoms with Crippen molar-refractivity contribution in [3.63, 3.8) is 0 Å². The van der Waals surface area contributed by atoms with Gasteiger partial charge < -0.3 is 9.47 Å². The first-order valence-corrected chi connectivity index (χ1v) is 12.5. The number of thioether (sulfide) groups is 1. The summed E-state index contributed by atoms with van der Waals surface area (Å²) >= 11 is 7.89. The predicted octanol–water partition coefficient (Wildman–Crippen LogP) is 7.04. The Hall–Kier alpha value is -2.55. The van der Waals surface area contributed by atoms with Crippen LogP contribution in [0.5, 0.6) is 11.5 Å². The molecule has 3 aromatic carbocycles. The molecule has 1 aliphatic heterocycles. The van der Waals surface area contributed by atoms with E-state index in [1.54, 1.807) is 12.2 Å². The molecule has 0 unspecified atom stereocenters. The standard InChI is InChI=1S/C25H19Br2NO4S/c1-2-11-32-23-19(26)13-16(14-20(23)27)15-22-24(29)28(25(30)33-22)10-12-31-21-9-5-7-17-6-3-4-8-18(17)21/h2-9,13-15H,1,10-12H2/b22-15-. The van der Waals surface area contributed by atoms with Crippen LogP contribution in [-0.2, 0) is 4.79 Å². The smallest absolute Gasteiger partial charge is 0.293 e. The van der Waals surface area contributed by atoms with Crippen molar-refractivity contribution in [1.82, 2.24) is 4.90 Å². The second-order valence-corrected chi connectivity index (χ2v) is 9.77. The predicted molar refractivity (Wildman–Crippen MR) is 140 cm³/mol. The summed E-state index contributed by atoms with van der Waals surface area (Å²) in [6.07, 6.45) is 3.36. The van der Waals surface area contributed by atoms with Gasteiger partial charge in [0.2, 0.25) is 0 Å². The summed E-state index contributed by atoms with van der Waals surface area (Å²) in [4.78, 5) is 26.9. The third-order valence-corrected chi connectivity index (χ3v) is 6.95. The van der Waals surface area contributed by atoms with Gasteiger partial charge in [-0.15, -0.1) is 0 Å². The Morgan fingerprint density at radius 1 is 1.00 bits per heavy atom. The number of rotatable bonds is 8. The van der Waals surface area contributed by atoms with Gasteiger partial charge in [-0.1, -0.05) is 49.1 Å². The monoisotopic (exact) mass is 587 g/mol. The Morgan fingerprint density at radius 3 is 2.48 bits per heavy atom. The lowest BCUT2D eigenvalue weighted by Gasteiger charge is -2.14. The van der Waals surface area contributed by atoms with E-state index in [-0.39, 0.29) is 24.3 Å². The molecule has 0 aliphatic carbocycles. The van der Waals surface area contributed by atoms with Crippen LogP contribution in [0.2, 0.25) is 0 Å². The number of amides is 2. The molecule has 0 saturated carbocycles. The minimum atomic E-state index is -0.328. The van der Waals surface area contributed by atoms with Crippen LogP contribution in [0.4, 0.5) is 4.79 Å². The summed E-state index contributed by atoms with van der Waals surface area (Å²) in [6.45, 7) is 4.40. The van der Waals surface area contributed by atoms with Crippen molar-refractivity contribution >= 4 is 71.6 Å². The van der Waals surface area contributed by atoms with Gasteiger partial charge in [0.1, 0.15) is 24.7 Å². The summed E-state index contributed by atoms with van der Waals surface area (Å²) in [5.74, 6) is 1.04. The molecule has 168 valence electrons. The van der Waals surface area contributed by atoms with E-state index in [0.29, 0.717) is 17.3 Å². The molecule has 3 aromatic rings. The van der Waals surface area contributed by atoms with E-state index in [0.717, 1.165) is 42.8 Å². The number of fused-ring (bicyclic) bond motifs is 1. The summed E-state index contributed by atoms with van der Waals surface area (Å²) < 4.78 is 13.0. The van der Waals surface area contributed by atoms with Crippen LogP contribution in [-0.4, -0.2) is 35.8 Å². The molecule has 0 radical (unpaired) electrons. The minimum Gasteiger partial charge on any atom is -0.491 e. The highest BCUT2D eigenvalue weighted by Crippen LogP contribution is 2.37. The molecule has 0 N–H and O–H groups in total. The highest BCUT2D eigenvalue weighted by Gasteiger charge is 2.34. The number of halogens is 2. The van der Waals surface area contributed by atoms with Gasteiger partial charge >= 0.3 is 0 Å². The van der Waals surface area contributed by atoms with E-state index in [4.69, 9.17) is 9.47 Å². The maximum Gasteiger partial charge on any atom is 0.293 e. The van der Waals surface area contributed by atoms with Crippen molar-refractivity contribution in [3.8, 4) is 11.5 Å². The van der Waals surface area contributed by atoms with Crippen molar-refractivity contribution in [2.45, 2.75) is 0 Å². The normalized spacial score (nSPS) is 14.8. The van der Waals surface area contributed by atoms with E-state index in [9.17, 15) is 9.59 Å². The van der Waals surface area contributed by atoms with Crippen LogP contribution in [0.3, 0.4) is 0 Å². The zero-order valence-corrected chi connectivity index (χ0v) is 21.4. The van der Waals surface area contributed by atoms with Gasteiger partial charge in [-0.2, -0.15) is 0 Å². The topological polar surface area (TPSA) is 55.8 Å². The number of benzene rings is 3. The molecule has 1 heterocycles. The van der Waals surface area contributed by atoms with Gasteiger partial charge in [0.15, 0.2) is 0 Å². The van der Waals surface area contributed by atoms with Crippen LogP contribution >= 0.6 is 43.6 Å². The molecular formula is C25H19Br2NO4S. The summed E-state index contributed by atoms with van der Waals surface area (Å²) in [6, 6.07) is 17.4. The SMILES string of the molecule is C=CCOc1c(Br)cc(/C=C2\SC(=O)N(CCOc3cccc4ccccc34)C2=O)cc1Br. The average molecular weight is 589 g/mol. The van der Waals surface area contributed by atoms with E-state index in [2.05, 4.69) is 38.4 Å². The van der Waals surface area contributed by atoms with Crippen molar-refractivity contribution in [2.75, 3.05) is 19.8 Å². The van der Waals surface area contributed by atoms with Crippen molar-refractivity contribution in [1.29, 1.82) is 0 Å². The summed E-state index contributed by atoms with van der Waals surface area (Å²) in [7, 11) is 0. The summed E-state index contributed by atoms with van der Waals surface area (Å²) in [5.41, 5.74) is 0.761. The lowest BCUT2D eigenvalue weighted by atomic mass is 10.1. The number of carbonyl (C=O) groups is 2. The number of hydrogen-bond acceptors (Lipinski definition) is 5. The first-order chi connectivity index (χ1) is 16.0. The van der Waals surface area contributed by atoms with E-state index in [1.165, 1.54) is 4.90 Å². The average Bonchev–Trinajstić information content (AvgIpc) is 3.06. The zero-order chi connectivity index (χ0) is 23.4. The van der Waals surface area contributed by atoms with E-state index >= 15 is 0 Å². The first kappa shape index (κ1) is 23.6. The number of nitrogens with zero attached hydrogens (tertiary/aromatic N) is 1. The van der Waals surface area contributed by atoms with Crippen LogP contribution in [0.1, 0.15) is 5.56 Å². The fourth-order valence-corrected chi connectivity index (χ4v) is 5.67. The zero-order valence-electron chi connectivity index (χ0n) is 17.4. The highest BCUT2D eigenvalue weighted by molar-refractivity contribution is 9.11. The van der Waals surface area contributed by atoms with Crippen LogP contribution in [0.15, 0.2) is 81.1 Å². The maximum absolute atomic E-state index is 12.9. The Labute approximate surface area is 212 Å². The third kappa shape index (κ3) is 5.34. The van der Waals surface area contributed by atoms with E-state index < -0.39 is 0 Å². The van der Waals surface area contributed by atoms with Crippen LogP contribution < -0.4 is 9.47 Å². The molecule has 0 spiro atoms. The van der Waals surface area contributed by atoms with Crippen molar-refractivity contribution in [2.24, 2.45) is 0 Å². The molecule has 8 heteroatoms. The van der Waals surface area contributed by atoms with Gasteiger partial charge in [0.05, 0.1) is 20.4 Å². The molecule has 5 nitrogen and oxygen atoms in total. The molecule has 0 bridgehead atoms. The van der Waals surface area contributed by atoms with Crippen LogP contribution in [0, 0.1) is 0 Å². The van der Waals surface area contributed by atoms with Gasteiger partial charge in [-0.3, -0.25) is 14.5 Å². The Morgan fingerprint density at radius 2 is 1.73 bits per heavy atom. The maximum atomic E-state index is 12.9. The minimum absolute atomic E-state index is 0.174. The number of hydrogen-bond donors (Lipinski definition) is 0. The molecule has 0 atom stereocenters. The number of carbonyl (C=O) groups excluding carboxylic acids is 2. The molecule has 33 heavy (non-hydrogen) atoms. The van der Waals surface area contributed by atoms with Crippen LogP contribution in [0.25, 0.3) is 16.8 Å². The number of imide groups is 1. The molecule has 1 fully saturated rings. The van der Waals surface area contributed by atoms with Gasteiger partial charge in [-0.05, 0) is 78.8 Å². The Balaban J connectivity index is 1.44. The molecule has 1 saturated heterocycles. The Kier molecular flexibility index (Phi) is 7.57. The van der Waals surface area contributed by atoms with Gasteiger partial charge in [0.25, 0.3) is 11.1 Å². The quantitative estimate of drug-likeness (QED) is 0.208. The highest BCUT2D eigenvalue weighted by atomic mass is 79.9. The first-order valence-electron chi connectivity index (χ1n) is 10.1.